The Bertz CT molecular complexity index is 578. The van der Waals surface area contributed by atoms with Gasteiger partial charge in [-0.3, -0.25) is 0 Å². The molecule has 19 heavy (non-hydrogen) atoms. The molecule has 106 valence electrons. The van der Waals surface area contributed by atoms with Gasteiger partial charge in [0.1, 0.15) is 4.90 Å². The van der Waals surface area contributed by atoms with Crippen molar-refractivity contribution in [2.75, 3.05) is 25.1 Å². The Kier molecular flexibility index (Phi) is 3.49. The summed E-state index contributed by atoms with van der Waals surface area (Å²) < 4.78 is 25.5. The predicted octanol–water partition coefficient (Wildman–Crippen LogP) is 1.87. The second kappa shape index (κ2) is 4.68. The molecule has 1 aromatic rings. The molecule has 0 aromatic heterocycles. The number of nitrogens with two attached hydrogens (primary N) is 1. The fourth-order valence-electron chi connectivity index (χ4n) is 2.23. The van der Waals surface area contributed by atoms with Crippen molar-refractivity contribution in [2.45, 2.75) is 36.6 Å². The van der Waals surface area contributed by atoms with Crippen LogP contribution in [-0.4, -0.2) is 32.4 Å². The SMILES string of the molecule is CN(C)S(=O)(=O)c1cccc(NC2(C)CCC2)c1N. The van der Waals surface area contributed by atoms with Crippen molar-refractivity contribution in [1.82, 2.24) is 4.31 Å². The summed E-state index contributed by atoms with van der Waals surface area (Å²) in [6, 6.07) is 5.09. The van der Waals surface area contributed by atoms with Gasteiger partial charge in [0.25, 0.3) is 0 Å². The van der Waals surface area contributed by atoms with Crippen molar-refractivity contribution in [2.24, 2.45) is 0 Å². The zero-order valence-electron chi connectivity index (χ0n) is 11.6. The average molecular weight is 283 g/mol. The first-order valence-electron chi connectivity index (χ1n) is 6.35. The molecule has 0 amide bonds. The summed E-state index contributed by atoms with van der Waals surface area (Å²) in [7, 11) is -0.502. The molecule has 0 bridgehead atoms. The summed E-state index contributed by atoms with van der Waals surface area (Å²) in [6.07, 6.45) is 3.35. The predicted molar refractivity (Wildman–Crippen MR) is 77.6 cm³/mol. The molecular weight excluding hydrogens is 262 g/mol. The molecule has 6 heteroatoms. The van der Waals surface area contributed by atoms with Crippen LogP contribution in [0.4, 0.5) is 11.4 Å². The lowest BCUT2D eigenvalue weighted by Gasteiger charge is -2.40. The molecule has 0 aliphatic heterocycles. The summed E-state index contributed by atoms with van der Waals surface area (Å²) in [6.45, 7) is 2.13. The van der Waals surface area contributed by atoms with Crippen molar-refractivity contribution in [3.05, 3.63) is 18.2 Å². The minimum absolute atomic E-state index is 0.0363. The van der Waals surface area contributed by atoms with E-state index in [2.05, 4.69) is 12.2 Å². The van der Waals surface area contributed by atoms with E-state index in [0.717, 1.165) is 12.8 Å². The maximum Gasteiger partial charge on any atom is 0.244 e. The summed E-state index contributed by atoms with van der Waals surface area (Å²) in [5.74, 6) is 0. The van der Waals surface area contributed by atoms with Crippen molar-refractivity contribution in [1.29, 1.82) is 0 Å². The van der Waals surface area contributed by atoms with Crippen LogP contribution in [0.25, 0.3) is 0 Å². The summed E-state index contributed by atoms with van der Waals surface area (Å²) >= 11 is 0. The molecule has 0 atom stereocenters. The van der Waals surface area contributed by atoms with E-state index >= 15 is 0 Å². The normalized spacial score (nSPS) is 18.1. The van der Waals surface area contributed by atoms with Crippen molar-refractivity contribution >= 4 is 21.4 Å². The molecule has 1 saturated carbocycles. The number of para-hydroxylation sites is 1. The number of benzene rings is 1. The van der Waals surface area contributed by atoms with E-state index in [1.807, 2.05) is 6.07 Å². The molecule has 0 saturated heterocycles. The number of nitrogens with zero attached hydrogens (tertiary/aromatic N) is 1. The zero-order valence-corrected chi connectivity index (χ0v) is 12.4. The molecule has 0 unspecified atom stereocenters. The molecule has 1 fully saturated rings. The number of hydrogen-bond donors (Lipinski definition) is 2. The van der Waals surface area contributed by atoms with Gasteiger partial charge in [0.15, 0.2) is 0 Å². The molecule has 5 nitrogen and oxygen atoms in total. The van der Waals surface area contributed by atoms with Crippen molar-refractivity contribution < 1.29 is 8.42 Å². The fraction of sp³-hybridized carbons (Fsp3) is 0.538. The molecule has 0 spiro atoms. The first-order valence-corrected chi connectivity index (χ1v) is 7.79. The minimum atomic E-state index is -3.51. The van der Waals surface area contributed by atoms with Crippen LogP contribution in [0.2, 0.25) is 0 Å². The monoisotopic (exact) mass is 283 g/mol. The molecule has 1 aromatic carbocycles. The highest BCUT2D eigenvalue weighted by molar-refractivity contribution is 7.89. The fourth-order valence-corrected chi connectivity index (χ4v) is 3.26. The third-order valence-corrected chi connectivity index (χ3v) is 5.59. The maximum absolute atomic E-state index is 12.2. The maximum atomic E-state index is 12.2. The van der Waals surface area contributed by atoms with Crippen molar-refractivity contribution in [3.63, 3.8) is 0 Å². The Balaban J connectivity index is 2.38. The number of sulfonamides is 1. The third kappa shape index (κ3) is 2.55. The van der Waals surface area contributed by atoms with Gasteiger partial charge < -0.3 is 11.1 Å². The second-order valence-electron chi connectivity index (χ2n) is 5.54. The van der Waals surface area contributed by atoms with Gasteiger partial charge in [-0.1, -0.05) is 6.07 Å². The van der Waals surface area contributed by atoms with Crippen LogP contribution in [0.15, 0.2) is 23.1 Å². The van der Waals surface area contributed by atoms with E-state index in [-0.39, 0.29) is 10.4 Å². The van der Waals surface area contributed by atoms with Crippen LogP contribution in [-0.2, 0) is 10.0 Å². The van der Waals surface area contributed by atoms with Crippen LogP contribution in [0.1, 0.15) is 26.2 Å². The largest absolute Gasteiger partial charge is 0.396 e. The van der Waals surface area contributed by atoms with Gasteiger partial charge in [-0.15, -0.1) is 0 Å². The Morgan fingerprint density at radius 1 is 1.32 bits per heavy atom. The smallest absolute Gasteiger partial charge is 0.244 e. The first kappa shape index (κ1) is 14.1. The number of hydrogen-bond acceptors (Lipinski definition) is 4. The van der Waals surface area contributed by atoms with Gasteiger partial charge in [-0.25, -0.2) is 12.7 Å². The average Bonchev–Trinajstić information content (AvgIpc) is 2.29. The number of anilines is 2. The number of rotatable bonds is 4. The zero-order chi connectivity index (χ0) is 14.3. The van der Waals surface area contributed by atoms with E-state index in [1.54, 1.807) is 12.1 Å². The third-order valence-electron chi connectivity index (χ3n) is 3.72. The molecule has 1 aliphatic carbocycles. The quantitative estimate of drug-likeness (QED) is 0.827. The van der Waals surface area contributed by atoms with Gasteiger partial charge in [-0.2, -0.15) is 0 Å². The highest BCUT2D eigenvalue weighted by atomic mass is 32.2. The molecular formula is C13H21N3O2S. The molecule has 1 aliphatic rings. The lowest BCUT2D eigenvalue weighted by molar-refractivity contribution is 0.307. The van der Waals surface area contributed by atoms with Crippen molar-refractivity contribution in [3.8, 4) is 0 Å². The van der Waals surface area contributed by atoms with E-state index < -0.39 is 10.0 Å². The van der Waals surface area contributed by atoms with Crippen LogP contribution in [0, 0.1) is 0 Å². The highest BCUT2D eigenvalue weighted by Gasteiger charge is 2.32. The van der Waals surface area contributed by atoms with Crippen LogP contribution in [0.5, 0.6) is 0 Å². The molecule has 2 rings (SSSR count). The Labute approximate surface area is 114 Å². The first-order chi connectivity index (χ1) is 8.76. The Hall–Kier alpha value is -1.27. The topological polar surface area (TPSA) is 75.4 Å². The Morgan fingerprint density at radius 2 is 1.95 bits per heavy atom. The van der Waals surface area contributed by atoms with Gasteiger partial charge >= 0.3 is 0 Å². The van der Waals surface area contributed by atoms with Gasteiger partial charge in [0, 0.05) is 19.6 Å². The molecule has 3 N–H and O–H groups in total. The van der Waals surface area contributed by atoms with Crippen LogP contribution in [0.3, 0.4) is 0 Å². The van der Waals surface area contributed by atoms with E-state index in [9.17, 15) is 8.42 Å². The number of nitrogen functional groups attached to an aromatic ring is 1. The minimum Gasteiger partial charge on any atom is -0.396 e. The van der Waals surface area contributed by atoms with Gasteiger partial charge in [-0.05, 0) is 38.3 Å². The second-order valence-corrected chi connectivity index (χ2v) is 7.66. The van der Waals surface area contributed by atoms with Gasteiger partial charge in [0.05, 0.1) is 11.4 Å². The molecule has 0 heterocycles. The summed E-state index contributed by atoms with van der Waals surface area (Å²) in [5.41, 5.74) is 7.06. The summed E-state index contributed by atoms with van der Waals surface area (Å²) in [5, 5.41) is 3.37. The standard InChI is InChI=1S/C13H21N3O2S/c1-13(8-5-9-13)15-10-6-4-7-11(12(10)14)19(17,18)16(2)3/h4,6-7,15H,5,8-9,14H2,1-3H3. The highest BCUT2D eigenvalue weighted by Crippen LogP contribution is 2.37. The van der Waals surface area contributed by atoms with E-state index in [0.29, 0.717) is 11.4 Å². The lowest BCUT2D eigenvalue weighted by atomic mass is 9.78. The lowest BCUT2D eigenvalue weighted by Crippen LogP contribution is -2.41. The van der Waals surface area contributed by atoms with Crippen LogP contribution >= 0.6 is 0 Å². The molecule has 0 radical (unpaired) electrons. The Morgan fingerprint density at radius 3 is 2.42 bits per heavy atom. The summed E-state index contributed by atoms with van der Waals surface area (Å²) in [4.78, 5) is 0.158. The van der Waals surface area contributed by atoms with Gasteiger partial charge in [0.2, 0.25) is 10.0 Å². The van der Waals surface area contributed by atoms with E-state index in [1.165, 1.54) is 24.8 Å². The number of nitrogens with one attached hydrogen (secondary N) is 1. The van der Waals surface area contributed by atoms with E-state index in [4.69, 9.17) is 5.73 Å². The van der Waals surface area contributed by atoms with Crippen LogP contribution < -0.4 is 11.1 Å².